The van der Waals surface area contributed by atoms with Gasteiger partial charge in [-0.2, -0.15) is 0 Å². The number of ether oxygens (including phenoxy) is 1. The molecule has 2 N–H and O–H groups in total. The van der Waals surface area contributed by atoms with Crippen LogP contribution >= 0.6 is 0 Å². The number of carbonyl (C=O) groups is 1. The highest BCUT2D eigenvalue weighted by molar-refractivity contribution is 5.78. The highest BCUT2D eigenvalue weighted by Crippen LogP contribution is 2.36. The van der Waals surface area contributed by atoms with Crippen molar-refractivity contribution in [3.8, 4) is 0 Å². The van der Waals surface area contributed by atoms with Crippen LogP contribution in [0, 0.1) is 0 Å². The lowest BCUT2D eigenvalue weighted by Gasteiger charge is -2.46. The fraction of sp³-hybridized carbons (Fsp3) is 0.611. The second-order valence-corrected chi connectivity index (χ2v) is 6.95. The van der Waals surface area contributed by atoms with Gasteiger partial charge in [0.2, 0.25) is 5.91 Å². The minimum Gasteiger partial charge on any atom is -0.369 e. The molecule has 3 atom stereocenters. The predicted molar refractivity (Wildman–Crippen MR) is 86.3 cm³/mol. The molecule has 1 saturated carbocycles. The molecule has 1 aromatic rings. The summed E-state index contributed by atoms with van der Waals surface area (Å²) in [4.78, 5) is 14.8. The third-order valence-electron chi connectivity index (χ3n) is 5.14. The van der Waals surface area contributed by atoms with Gasteiger partial charge in [-0.15, -0.1) is 0 Å². The Morgan fingerprint density at radius 3 is 2.59 bits per heavy atom. The average molecular weight is 302 g/mol. The van der Waals surface area contributed by atoms with Gasteiger partial charge in [0.1, 0.15) is 6.10 Å². The molecule has 3 rings (SSSR count). The van der Waals surface area contributed by atoms with E-state index in [2.05, 4.69) is 26.0 Å². The quantitative estimate of drug-likeness (QED) is 0.934. The van der Waals surface area contributed by atoms with Crippen LogP contribution in [0.25, 0.3) is 0 Å². The Morgan fingerprint density at radius 1 is 1.32 bits per heavy atom. The summed E-state index contributed by atoms with van der Waals surface area (Å²) in [5.41, 5.74) is 7.13. The van der Waals surface area contributed by atoms with Crippen LogP contribution in [0.2, 0.25) is 0 Å². The first-order valence-corrected chi connectivity index (χ1v) is 8.27. The van der Waals surface area contributed by atoms with E-state index in [1.165, 1.54) is 0 Å². The Morgan fingerprint density at radius 2 is 2.00 bits per heavy atom. The zero-order valence-electron chi connectivity index (χ0n) is 13.5. The first-order valence-electron chi connectivity index (χ1n) is 8.27. The van der Waals surface area contributed by atoms with Gasteiger partial charge in [0, 0.05) is 12.0 Å². The van der Waals surface area contributed by atoms with Crippen molar-refractivity contribution in [2.45, 2.75) is 63.3 Å². The van der Waals surface area contributed by atoms with E-state index in [-0.39, 0.29) is 29.6 Å². The van der Waals surface area contributed by atoms with E-state index in [0.29, 0.717) is 13.0 Å². The van der Waals surface area contributed by atoms with Crippen molar-refractivity contribution in [1.82, 2.24) is 4.90 Å². The van der Waals surface area contributed by atoms with Crippen molar-refractivity contribution in [1.29, 1.82) is 0 Å². The summed E-state index contributed by atoms with van der Waals surface area (Å²) >= 11 is 0. The summed E-state index contributed by atoms with van der Waals surface area (Å²) in [6.45, 7) is 4.71. The number of rotatable bonds is 3. The molecule has 2 fully saturated rings. The molecule has 1 saturated heterocycles. The SMILES string of the molecule is C[C@@H]1CO[C@H](c2ccccc2)[C@@H](C)N1C(=O)CC1(N)CCC1. The number of amides is 1. The molecular formula is C18H26N2O2. The molecule has 1 heterocycles. The number of morpholine rings is 1. The van der Waals surface area contributed by atoms with Gasteiger partial charge in [0.15, 0.2) is 0 Å². The van der Waals surface area contributed by atoms with Crippen molar-refractivity contribution >= 4 is 5.91 Å². The zero-order valence-corrected chi connectivity index (χ0v) is 13.5. The summed E-state index contributed by atoms with van der Waals surface area (Å²) in [6, 6.07) is 10.3. The lowest BCUT2D eigenvalue weighted by Crippen LogP contribution is -2.57. The van der Waals surface area contributed by atoms with Gasteiger partial charge < -0.3 is 15.4 Å². The van der Waals surface area contributed by atoms with Crippen LogP contribution in [0.4, 0.5) is 0 Å². The van der Waals surface area contributed by atoms with E-state index in [4.69, 9.17) is 10.5 Å². The van der Waals surface area contributed by atoms with Crippen molar-refractivity contribution < 1.29 is 9.53 Å². The monoisotopic (exact) mass is 302 g/mol. The highest BCUT2D eigenvalue weighted by Gasteiger charge is 2.41. The molecule has 1 aromatic carbocycles. The highest BCUT2D eigenvalue weighted by atomic mass is 16.5. The Hall–Kier alpha value is -1.39. The van der Waals surface area contributed by atoms with Crippen molar-refractivity contribution in [2.24, 2.45) is 5.73 Å². The Bertz CT molecular complexity index is 527. The van der Waals surface area contributed by atoms with Crippen LogP contribution in [-0.2, 0) is 9.53 Å². The zero-order chi connectivity index (χ0) is 15.7. The molecule has 4 nitrogen and oxygen atoms in total. The Labute approximate surface area is 132 Å². The average Bonchev–Trinajstić information content (AvgIpc) is 2.46. The summed E-state index contributed by atoms with van der Waals surface area (Å²) in [6.07, 6.45) is 3.48. The molecule has 4 heteroatoms. The normalized spacial score (nSPS) is 30.7. The topological polar surface area (TPSA) is 55.6 Å². The second-order valence-electron chi connectivity index (χ2n) is 6.95. The fourth-order valence-corrected chi connectivity index (χ4v) is 3.70. The van der Waals surface area contributed by atoms with Gasteiger partial charge in [-0.05, 0) is 38.7 Å². The maximum atomic E-state index is 12.8. The smallest absolute Gasteiger partial charge is 0.225 e. The van der Waals surface area contributed by atoms with E-state index in [1.54, 1.807) is 0 Å². The maximum absolute atomic E-state index is 12.8. The van der Waals surface area contributed by atoms with E-state index in [9.17, 15) is 4.79 Å². The third-order valence-corrected chi connectivity index (χ3v) is 5.14. The molecule has 1 amide bonds. The summed E-state index contributed by atoms with van der Waals surface area (Å²) < 4.78 is 6.01. The van der Waals surface area contributed by atoms with E-state index in [1.807, 2.05) is 23.1 Å². The second kappa shape index (κ2) is 6.01. The number of nitrogens with two attached hydrogens (primary N) is 1. The van der Waals surface area contributed by atoms with Gasteiger partial charge in [0.25, 0.3) is 0 Å². The number of nitrogens with zero attached hydrogens (tertiary/aromatic N) is 1. The molecule has 0 unspecified atom stereocenters. The molecule has 0 bridgehead atoms. The van der Waals surface area contributed by atoms with Gasteiger partial charge in [-0.25, -0.2) is 0 Å². The molecule has 120 valence electrons. The van der Waals surface area contributed by atoms with E-state index < -0.39 is 0 Å². The first-order chi connectivity index (χ1) is 10.5. The van der Waals surface area contributed by atoms with Crippen LogP contribution in [0.3, 0.4) is 0 Å². The third kappa shape index (κ3) is 2.90. The van der Waals surface area contributed by atoms with Crippen LogP contribution < -0.4 is 5.73 Å². The minimum absolute atomic E-state index is 0.0299. The predicted octanol–water partition coefficient (Wildman–Crippen LogP) is 2.64. The Balaban J connectivity index is 1.75. The molecule has 1 aliphatic carbocycles. The van der Waals surface area contributed by atoms with Gasteiger partial charge in [0.05, 0.1) is 18.7 Å². The largest absolute Gasteiger partial charge is 0.369 e. The van der Waals surface area contributed by atoms with Gasteiger partial charge >= 0.3 is 0 Å². The van der Waals surface area contributed by atoms with Gasteiger partial charge in [-0.3, -0.25) is 4.79 Å². The lowest BCUT2D eigenvalue weighted by atomic mass is 9.75. The molecular weight excluding hydrogens is 276 g/mol. The first kappa shape index (κ1) is 15.5. The van der Waals surface area contributed by atoms with Gasteiger partial charge in [-0.1, -0.05) is 30.3 Å². The summed E-state index contributed by atoms with van der Waals surface area (Å²) in [7, 11) is 0. The lowest BCUT2D eigenvalue weighted by molar-refractivity contribution is -0.155. The summed E-state index contributed by atoms with van der Waals surface area (Å²) in [5.74, 6) is 0.173. The van der Waals surface area contributed by atoms with Crippen molar-refractivity contribution in [2.75, 3.05) is 6.61 Å². The number of carbonyl (C=O) groups excluding carboxylic acids is 1. The molecule has 0 radical (unpaired) electrons. The van der Waals surface area contributed by atoms with Crippen LogP contribution in [0.1, 0.15) is 51.2 Å². The van der Waals surface area contributed by atoms with Crippen LogP contribution in [-0.4, -0.2) is 35.0 Å². The van der Waals surface area contributed by atoms with Crippen LogP contribution in [0.5, 0.6) is 0 Å². The molecule has 2 aliphatic rings. The summed E-state index contributed by atoms with van der Waals surface area (Å²) in [5, 5.41) is 0. The molecule has 0 aromatic heterocycles. The molecule has 0 spiro atoms. The number of hydrogen-bond acceptors (Lipinski definition) is 3. The standard InChI is InChI=1S/C18H26N2O2/c1-13-12-22-17(15-7-4-3-5-8-15)14(2)20(13)16(21)11-18(19)9-6-10-18/h3-5,7-8,13-14,17H,6,9-12,19H2,1-2H3/t13-,14-,17+/m1/s1. The number of benzene rings is 1. The van der Waals surface area contributed by atoms with Crippen molar-refractivity contribution in [3.63, 3.8) is 0 Å². The van der Waals surface area contributed by atoms with Crippen LogP contribution in [0.15, 0.2) is 30.3 Å². The number of hydrogen-bond donors (Lipinski definition) is 1. The maximum Gasteiger partial charge on any atom is 0.225 e. The Kier molecular flexibility index (Phi) is 4.24. The van der Waals surface area contributed by atoms with E-state index in [0.717, 1.165) is 24.8 Å². The fourth-order valence-electron chi connectivity index (χ4n) is 3.70. The molecule has 1 aliphatic heterocycles. The molecule has 22 heavy (non-hydrogen) atoms. The minimum atomic E-state index is -0.267. The van der Waals surface area contributed by atoms with E-state index >= 15 is 0 Å². The van der Waals surface area contributed by atoms with Crippen molar-refractivity contribution in [3.05, 3.63) is 35.9 Å².